The van der Waals surface area contributed by atoms with Gasteiger partial charge in [0.05, 0.1) is 5.69 Å². The lowest BCUT2D eigenvalue weighted by Crippen LogP contribution is -2.18. The van der Waals surface area contributed by atoms with E-state index in [0.717, 1.165) is 6.07 Å². The number of halogens is 3. The summed E-state index contributed by atoms with van der Waals surface area (Å²) in [7, 11) is 0. The summed E-state index contributed by atoms with van der Waals surface area (Å²) in [6.45, 7) is 0. The monoisotopic (exact) mass is 259 g/mol. The Labute approximate surface area is 100 Å². The van der Waals surface area contributed by atoms with Gasteiger partial charge in [-0.15, -0.1) is 13.2 Å². The van der Waals surface area contributed by atoms with Gasteiger partial charge in [-0.3, -0.25) is 4.79 Å². The number of carbonyl (C=O) groups is 1. The number of hydrogen-bond acceptors (Lipinski definition) is 3. The molecule has 0 atom stereocenters. The van der Waals surface area contributed by atoms with Crippen molar-refractivity contribution in [2.24, 2.45) is 0 Å². The van der Waals surface area contributed by atoms with Crippen molar-refractivity contribution in [3.63, 3.8) is 0 Å². The molecule has 0 fully saturated rings. The van der Waals surface area contributed by atoms with Gasteiger partial charge in [-0.05, 0) is 18.2 Å². The molecule has 0 spiro atoms. The Balaban J connectivity index is 2.92. The summed E-state index contributed by atoms with van der Waals surface area (Å²) in [5, 5.41) is 8.35. The minimum Gasteiger partial charge on any atom is -0.481 e. The molecule has 7 heteroatoms. The third kappa shape index (κ3) is 4.65. The summed E-state index contributed by atoms with van der Waals surface area (Å²) in [5.41, 5.74) is 5.31. The molecule has 0 aliphatic heterocycles. The van der Waals surface area contributed by atoms with Crippen molar-refractivity contribution in [1.29, 1.82) is 0 Å². The average molecular weight is 259 g/mol. The second-order valence-corrected chi connectivity index (χ2v) is 3.17. The first-order valence-electron chi connectivity index (χ1n) is 4.64. The van der Waals surface area contributed by atoms with Gasteiger partial charge in [-0.1, -0.05) is 11.8 Å². The molecule has 96 valence electrons. The van der Waals surface area contributed by atoms with Crippen LogP contribution in [0.1, 0.15) is 12.0 Å². The van der Waals surface area contributed by atoms with Gasteiger partial charge in [-0.2, -0.15) is 0 Å². The fraction of sp³-hybridized carbons (Fsp3) is 0.182. The van der Waals surface area contributed by atoms with Gasteiger partial charge in [0.25, 0.3) is 0 Å². The lowest BCUT2D eigenvalue weighted by Gasteiger charge is -2.10. The second kappa shape index (κ2) is 5.31. The van der Waals surface area contributed by atoms with Crippen LogP contribution >= 0.6 is 0 Å². The molecule has 0 saturated carbocycles. The molecule has 0 aliphatic rings. The van der Waals surface area contributed by atoms with Crippen LogP contribution < -0.4 is 10.5 Å². The number of alkyl halides is 3. The van der Waals surface area contributed by atoms with E-state index in [1.54, 1.807) is 0 Å². The minimum atomic E-state index is -4.85. The van der Waals surface area contributed by atoms with Crippen molar-refractivity contribution in [3.05, 3.63) is 23.8 Å². The maximum atomic E-state index is 12.0. The van der Waals surface area contributed by atoms with Gasteiger partial charge in [0.1, 0.15) is 6.42 Å². The predicted octanol–water partition coefficient (Wildman–Crippen LogP) is 1.99. The van der Waals surface area contributed by atoms with E-state index in [9.17, 15) is 18.0 Å². The largest absolute Gasteiger partial charge is 0.573 e. The van der Waals surface area contributed by atoms with Crippen LogP contribution in [0.4, 0.5) is 18.9 Å². The van der Waals surface area contributed by atoms with Crippen LogP contribution in [0, 0.1) is 11.8 Å². The summed E-state index contributed by atoms with van der Waals surface area (Å²) in [4.78, 5) is 10.2. The SMILES string of the molecule is Nc1ccc(C#CCC(=O)O)cc1OC(F)(F)F. The van der Waals surface area contributed by atoms with Gasteiger partial charge in [0, 0.05) is 5.56 Å². The number of carboxylic acid groups (broad SMARTS) is 1. The zero-order valence-corrected chi connectivity index (χ0v) is 8.91. The van der Waals surface area contributed by atoms with Crippen molar-refractivity contribution in [2.75, 3.05) is 5.73 Å². The molecule has 0 amide bonds. The zero-order valence-electron chi connectivity index (χ0n) is 8.91. The Morgan fingerprint density at radius 2 is 2.11 bits per heavy atom. The molecule has 3 N–H and O–H groups in total. The maximum Gasteiger partial charge on any atom is 0.573 e. The van der Waals surface area contributed by atoms with E-state index in [1.807, 2.05) is 0 Å². The van der Waals surface area contributed by atoms with Crippen LogP contribution in [0.15, 0.2) is 18.2 Å². The van der Waals surface area contributed by atoms with Crippen molar-refractivity contribution in [1.82, 2.24) is 0 Å². The van der Waals surface area contributed by atoms with E-state index in [1.165, 1.54) is 12.1 Å². The highest BCUT2D eigenvalue weighted by Crippen LogP contribution is 2.28. The molecular weight excluding hydrogens is 251 g/mol. The molecule has 4 nitrogen and oxygen atoms in total. The van der Waals surface area contributed by atoms with E-state index in [4.69, 9.17) is 10.8 Å². The summed E-state index contributed by atoms with van der Waals surface area (Å²) in [5.74, 6) is 2.99. The van der Waals surface area contributed by atoms with E-state index in [2.05, 4.69) is 16.6 Å². The molecule has 0 saturated heterocycles. The number of nitrogen functional groups attached to an aromatic ring is 1. The normalized spacial score (nSPS) is 10.4. The molecule has 0 unspecified atom stereocenters. The fourth-order valence-corrected chi connectivity index (χ4v) is 1.05. The van der Waals surface area contributed by atoms with Crippen LogP contribution in [0.25, 0.3) is 0 Å². The molecule has 0 aliphatic carbocycles. The number of nitrogens with two attached hydrogens (primary N) is 1. The summed E-state index contributed by atoms with van der Waals surface area (Å²) in [6, 6.07) is 3.57. The Morgan fingerprint density at radius 1 is 1.44 bits per heavy atom. The number of aliphatic carboxylic acids is 1. The number of carboxylic acids is 1. The van der Waals surface area contributed by atoms with Gasteiger partial charge in [0.2, 0.25) is 0 Å². The Morgan fingerprint density at radius 3 is 2.67 bits per heavy atom. The first kappa shape index (κ1) is 13.7. The molecule has 1 rings (SSSR count). The lowest BCUT2D eigenvalue weighted by molar-refractivity contribution is -0.274. The number of hydrogen-bond donors (Lipinski definition) is 2. The second-order valence-electron chi connectivity index (χ2n) is 3.17. The third-order valence-electron chi connectivity index (χ3n) is 1.71. The molecule has 0 heterocycles. The van der Waals surface area contributed by atoms with Gasteiger partial charge >= 0.3 is 12.3 Å². The van der Waals surface area contributed by atoms with E-state index < -0.39 is 24.5 Å². The van der Waals surface area contributed by atoms with Crippen LogP contribution in [0.3, 0.4) is 0 Å². The standard InChI is InChI=1S/C11H8F3NO3/c12-11(13,14)18-9-6-7(4-5-8(9)15)2-1-3-10(16)17/h4-6H,3,15H2,(H,16,17). The molecule has 18 heavy (non-hydrogen) atoms. The Hall–Kier alpha value is -2.36. The third-order valence-corrected chi connectivity index (χ3v) is 1.71. The fourth-order valence-electron chi connectivity index (χ4n) is 1.05. The number of benzene rings is 1. The Bertz CT molecular complexity index is 514. The molecule has 0 radical (unpaired) electrons. The number of anilines is 1. The van der Waals surface area contributed by atoms with Crippen LogP contribution in [-0.2, 0) is 4.79 Å². The van der Waals surface area contributed by atoms with Gasteiger partial charge in [-0.25, -0.2) is 0 Å². The number of ether oxygens (including phenoxy) is 1. The topological polar surface area (TPSA) is 72.6 Å². The Kier molecular flexibility index (Phi) is 4.05. The van der Waals surface area contributed by atoms with E-state index in [-0.39, 0.29) is 11.3 Å². The molecular formula is C11H8F3NO3. The quantitative estimate of drug-likeness (QED) is 0.629. The van der Waals surface area contributed by atoms with Crippen LogP contribution in [0.2, 0.25) is 0 Å². The molecule has 1 aromatic rings. The van der Waals surface area contributed by atoms with Gasteiger partial charge in [0.15, 0.2) is 5.75 Å². The van der Waals surface area contributed by atoms with Crippen molar-refractivity contribution < 1.29 is 27.8 Å². The lowest BCUT2D eigenvalue weighted by atomic mass is 10.2. The summed E-state index contributed by atoms with van der Waals surface area (Å²) >= 11 is 0. The van der Waals surface area contributed by atoms with Crippen molar-refractivity contribution in [2.45, 2.75) is 12.8 Å². The van der Waals surface area contributed by atoms with Crippen molar-refractivity contribution in [3.8, 4) is 17.6 Å². The van der Waals surface area contributed by atoms with Gasteiger partial charge < -0.3 is 15.6 Å². The van der Waals surface area contributed by atoms with Crippen LogP contribution in [0.5, 0.6) is 5.75 Å². The first-order valence-corrected chi connectivity index (χ1v) is 4.64. The van der Waals surface area contributed by atoms with E-state index >= 15 is 0 Å². The number of rotatable bonds is 2. The molecule has 1 aromatic carbocycles. The highest BCUT2D eigenvalue weighted by Gasteiger charge is 2.31. The van der Waals surface area contributed by atoms with E-state index in [0.29, 0.717) is 0 Å². The summed E-state index contributed by atoms with van der Waals surface area (Å²) in [6.07, 6.45) is -5.25. The molecule has 0 aromatic heterocycles. The summed E-state index contributed by atoms with van der Waals surface area (Å²) < 4.78 is 39.7. The first-order chi connectivity index (χ1) is 8.28. The van der Waals surface area contributed by atoms with Crippen molar-refractivity contribution >= 4 is 11.7 Å². The maximum absolute atomic E-state index is 12.0. The predicted molar refractivity (Wildman–Crippen MR) is 56.7 cm³/mol. The minimum absolute atomic E-state index is 0.184. The highest BCUT2D eigenvalue weighted by molar-refractivity contribution is 5.70. The smallest absolute Gasteiger partial charge is 0.481 e. The molecule has 0 bridgehead atoms. The van der Waals surface area contributed by atoms with Crippen LogP contribution in [-0.4, -0.2) is 17.4 Å². The highest BCUT2D eigenvalue weighted by atomic mass is 19.4. The zero-order chi connectivity index (χ0) is 13.8. The average Bonchev–Trinajstić information content (AvgIpc) is 2.20.